The minimum atomic E-state index is 0.0359. The topological polar surface area (TPSA) is 20.2 Å². The maximum absolute atomic E-state index is 8.91. The van der Waals surface area contributed by atoms with Crippen molar-refractivity contribution in [3.8, 4) is 0 Å². The van der Waals surface area contributed by atoms with Gasteiger partial charge >= 0.3 is 0 Å². The fraction of sp³-hybridized carbons (Fsp3) is 1.00. The summed E-state index contributed by atoms with van der Waals surface area (Å²) in [7, 11) is 0. The van der Waals surface area contributed by atoms with Gasteiger partial charge in [-0.2, -0.15) is 0 Å². The lowest BCUT2D eigenvalue weighted by Gasteiger charge is -2.48. The van der Waals surface area contributed by atoms with Gasteiger partial charge in [0.15, 0.2) is 0 Å². The van der Waals surface area contributed by atoms with Gasteiger partial charge in [0.25, 0.3) is 0 Å². The van der Waals surface area contributed by atoms with Crippen molar-refractivity contribution in [1.29, 1.82) is 0 Å². The zero-order valence-corrected chi connectivity index (χ0v) is 18.6. The molecule has 1 N–H and O–H groups in total. The van der Waals surface area contributed by atoms with E-state index in [0.717, 1.165) is 42.4 Å². The molecule has 3 saturated carbocycles. The first-order valence-electron chi connectivity index (χ1n) is 12.0. The molecule has 3 unspecified atom stereocenters. The Hall–Kier alpha value is -0.0400. The Morgan fingerprint density at radius 1 is 0.731 bits per heavy atom. The molecular weight excluding hydrogens is 316 g/mol. The Morgan fingerprint density at radius 2 is 1.27 bits per heavy atom. The third-order valence-corrected chi connectivity index (χ3v) is 8.40. The monoisotopic (exact) mass is 364 g/mol. The molecule has 0 radical (unpaired) electrons. The second kappa shape index (κ2) is 10.5. The van der Waals surface area contributed by atoms with Crippen molar-refractivity contribution in [1.82, 2.24) is 0 Å². The summed E-state index contributed by atoms with van der Waals surface area (Å²) >= 11 is 0. The number of hydrogen-bond acceptors (Lipinski definition) is 1. The first-order valence-corrected chi connectivity index (χ1v) is 12.0. The molecular formula is C25H48O. The molecule has 3 atom stereocenters. The van der Waals surface area contributed by atoms with Gasteiger partial charge in [-0.25, -0.2) is 0 Å². The summed E-state index contributed by atoms with van der Waals surface area (Å²) < 4.78 is 0. The zero-order chi connectivity index (χ0) is 19.2. The molecule has 0 heterocycles. The van der Waals surface area contributed by atoms with Gasteiger partial charge in [0.2, 0.25) is 0 Å². The number of aliphatic hydroxyl groups excluding tert-OH is 1. The van der Waals surface area contributed by atoms with Crippen molar-refractivity contribution < 1.29 is 5.11 Å². The van der Waals surface area contributed by atoms with E-state index < -0.39 is 0 Å². The Labute approximate surface area is 164 Å². The van der Waals surface area contributed by atoms with Crippen LogP contribution in [0.3, 0.4) is 0 Å². The lowest BCUT2D eigenvalue weighted by Crippen LogP contribution is -2.39. The largest absolute Gasteiger partial charge is 0.393 e. The van der Waals surface area contributed by atoms with Crippen molar-refractivity contribution in [2.45, 2.75) is 124 Å². The van der Waals surface area contributed by atoms with Gasteiger partial charge in [0.1, 0.15) is 0 Å². The van der Waals surface area contributed by atoms with Gasteiger partial charge in [-0.1, -0.05) is 79.6 Å². The van der Waals surface area contributed by atoms with Gasteiger partial charge in [-0.3, -0.25) is 0 Å². The van der Waals surface area contributed by atoms with Crippen molar-refractivity contribution >= 4 is 0 Å². The molecule has 0 amide bonds. The van der Waals surface area contributed by atoms with Crippen LogP contribution in [0.1, 0.15) is 118 Å². The van der Waals surface area contributed by atoms with Crippen LogP contribution in [0.4, 0.5) is 0 Å². The van der Waals surface area contributed by atoms with E-state index in [1.54, 1.807) is 0 Å². The van der Waals surface area contributed by atoms with Gasteiger partial charge in [-0.05, 0) is 73.5 Å². The van der Waals surface area contributed by atoms with Gasteiger partial charge in [0.05, 0.1) is 6.10 Å². The van der Waals surface area contributed by atoms with E-state index in [1.807, 2.05) is 0 Å². The first kappa shape index (κ1) is 22.3. The third-order valence-electron chi connectivity index (χ3n) is 8.40. The normalized spacial score (nSPS) is 32.2. The van der Waals surface area contributed by atoms with E-state index in [9.17, 15) is 0 Å². The van der Waals surface area contributed by atoms with Crippen molar-refractivity contribution in [3.05, 3.63) is 0 Å². The van der Waals surface area contributed by atoms with Crippen LogP contribution in [0.5, 0.6) is 0 Å². The molecule has 154 valence electrons. The molecule has 0 aromatic rings. The van der Waals surface area contributed by atoms with Crippen LogP contribution in [-0.4, -0.2) is 11.2 Å². The predicted octanol–water partition coefficient (Wildman–Crippen LogP) is 7.61. The second-order valence-corrected chi connectivity index (χ2v) is 10.8. The summed E-state index contributed by atoms with van der Waals surface area (Å²) in [5, 5.41) is 8.91. The maximum Gasteiger partial charge on any atom is 0.0540 e. The van der Waals surface area contributed by atoms with Crippen LogP contribution in [-0.2, 0) is 0 Å². The Balaban J connectivity index is 0.000000290. The summed E-state index contributed by atoms with van der Waals surface area (Å²) in [5.41, 5.74) is 0.591. The highest BCUT2D eigenvalue weighted by atomic mass is 16.3. The molecule has 0 saturated heterocycles. The number of aliphatic hydroxyl groups is 1. The van der Waals surface area contributed by atoms with Crippen LogP contribution < -0.4 is 0 Å². The van der Waals surface area contributed by atoms with Crippen molar-refractivity contribution in [3.63, 3.8) is 0 Å². The highest BCUT2D eigenvalue weighted by Gasteiger charge is 2.41. The molecule has 0 bridgehead atoms. The number of hydrogen-bond donors (Lipinski definition) is 1. The quantitative estimate of drug-likeness (QED) is 0.546. The predicted molar refractivity (Wildman–Crippen MR) is 114 cm³/mol. The molecule has 1 heteroatoms. The maximum atomic E-state index is 8.91. The molecule has 3 fully saturated rings. The van der Waals surface area contributed by atoms with E-state index in [4.69, 9.17) is 5.11 Å². The second-order valence-electron chi connectivity index (χ2n) is 10.8. The summed E-state index contributed by atoms with van der Waals surface area (Å²) in [6, 6.07) is 0. The molecule has 0 aromatic carbocycles. The zero-order valence-electron chi connectivity index (χ0n) is 18.6. The standard InChI is InChI=1S/C19H36.C6H12O/c1-14(2)18-13-17(12-11-15(18)3)19(4,5)16-9-7-6-8-10-16;7-6-4-2-1-3-5-6/h14-18H,6-13H2,1-5H3;6-7H,1-5H2. The lowest BCUT2D eigenvalue weighted by molar-refractivity contribution is 0.0170. The van der Waals surface area contributed by atoms with Gasteiger partial charge in [-0.15, -0.1) is 0 Å². The highest BCUT2D eigenvalue weighted by molar-refractivity contribution is 4.91. The van der Waals surface area contributed by atoms with E-state index in [2.05, 4.69) is 34.6 Å². The van der Waals surface area contributed by atoms with Crippen LogP contribution in [0.25, 0.3) is 0 Å². The van der Waals surface area contributed by atoms with E-state index in [0.29, 0.717) is 5.41 Å². The van der Waals surface area contributed by atoms with Crippen LogP contribution in [0.2, 0.25) is 0 Å². The van der Waals surface area contributed by atoms with Gasteiger partial charge in [0, 0.05) is 0 Å². The van der Waals surface area contributed by atoms with Gasteiger partial charge < -0.3 is 5.11 Å². The molecule has 0 aliphatic heterocycles. The molecule has 1 nitrogen and oxygen atoms in total. The fourth-order valence-electron chi connectivity index (χ4n) is 6.22. The smallest absolute Gasteiger partial charge is 0.0540 e. The SMILES string of the molecule is CC(C)C1CC(C(C)(C)C2CCCCC2)CCC1C.OC1CCCCC1. The summed E-state index contributed by atoms with van der Waals surface area (Å²) in [5.74, 6) is 4.80. The molecule has 0 aromatic heterocycles. The van der Waals surface area contributed by atoms with E-state index in [1.165, 1.54) is 70.6 Å². The lowest BCUT2D eigenvalue weighted by atomic mass is 9.57. The molecule has 26 heavy (non-hydrogen) atoms. The van der Waals surface area contributed by atoms with Crippen molar-refractivity contribution in [2.75, 3.05) is 0 Å². The summed E-state index contributed by atoms with van der Waals surface area (Å²) in [4.78, 5) is 0. The van der Waals surface area contributed by atoms with Crippen LogP contribution >= 0.6 is 0 Å². The summed E-state index contributed by atoms with van der Waals surface area (Å²) in [6.07, 6.45) is 17.9. The molecule has 3 aliphatic carbocycles. The van der Waals surface area contributed by atoms with Crippen LogP contribution in [0.15, 0.2) is 0 Å². The number of rotatable bonds is 3. The van der Waals surface area contributed by atoms with Crippen molar-refractivity contribution in [2.24, 2.45) is 35.0 Å². The Kier molecular flexibility index (Phi) is 8.98. The Bertz CT molecular complexity index is 374. The van der Waals surface area contributed by atoms with E-state index in [-0.39, 0.29) is 6.10 Å². The minimum Gasteiger partial charge on any atom is -0.393 e. The average Bonchev–Trinajstić information content (AvgIpc) is 2.63. The minimum absolute atomic E-state index is 0.0359. The third kappa shape index (κ3) is 6.25. The summed E-state index contributed by atoms with van der Waals surface area (Å²) in [6.45, 7) is 12.6. The molecule has 3 rings (SSSR count). The fourth-order valence-corrected chi connectivity index (χ4v) is 6.22. The molecule has 0 spiro atoms. The Morgan fingerprint density at radius 3 is 1.73 bits per heavy atom. The van der Waals surface area contributed by atoms with E-state index >= 15 is 0 Å². The highest BCUT2D eigenvalue weighted by Crippen LogP contribution is 2.51. The molecule has 3 aliphatic rings. The average molecular weight is 365 g/mol. The first-order chi connectivity index (χ1) is 12.3. The van der Waals surface area contributed by atoms with Crippen LogP contribution in [0, 0.1) is 35.0 Å².